The van der Waals surface area contributed by atoms with E-state index in [0.29, 0.717) is 158 Å². The van der Waals surface area contributed by atoms with Crippen LogP contribution in [0.4, 0.5) is 8.78 Å². The van der Waals surface area contributed by atoms with Crippen molar-refractivity contribution >= 4 is 101 Å². The smallest absolute Gasteiger partial charge is 0.335 e. The maximum Gasteiger partial charge on any atom is 0.335 e. The molecule has 0 radical (unpaired) electrons. The average molecular weight is 1270 g/mol. The number of nitrogens with one attached hydrogen (secondary N) is 1. The number of morpholine rings is 1. The number of aromatic carboxylic acids is 1. The van der Waals surface area contributed by atoms with E-state index in [1.54, 1.807) is 24.3 Å². The molecule has 3 aromatic carbocycles. The number of fused-ring (bicyclic) bond motifs is 2. The lowest BCUT2D eigenvalue weighted by Gasteiger charge is -2.34. The number of benzene rings is 3. The standard InChI is InChI=1S/C33H35Cl2FN4O5S.C26H22Cl2FN3O5S/c34-23-2-1-3-24(35)27(23)28-22(30(45-39-28)19-4-5-19)18-44-21-6-8-33(42,9-7-21)32-38-29-25(36)16-20(17-26(29)46-32)31(41)37-10-11-40-12-14-43-15-13-40;27-16-9-30-10-17(28)20(16)21-15(23(37-32-21)12-1-2-12)11-36-14-3-5-26(35,6-4-14)25-31-22-18(29)7-13(24(33)34)8-19(22)38-25/h1-3,16-17,19,21,42H,4-15,18H2,(H,37,41);7-10,12,14,35H,1-6,11H2,(H,33,34). The second-order valence-electron chi connectivity index (χ2n) is 22.1. The van der Waals surface area contributed by atoms with Crippen molar-refractivity contribution in [3.8, 4) is 22.5 Å². The van der Waals surface area contributed by atoms with E-state index in [1.165, 1.54) is 35.9 Å². The van der Waals surface area contributed by atoms with Gasteiger partial charge in [0.15, 0.2) is 11.6 Å². The van der Waals surface area contributed by atoms with Crippen LogP contribution in [0.3, 0.4) is 0 Å². The number of hydrogen-bond donors (Lipinski definition) is 4. The van der Waals surface area contributed by atoms with Gasteiger partial charge in [-0.1, -0.05) is 62.8 Å². The zero-order chi connectivity index (χ0) is 58.4. The fraction of sp³-hybridized carbons (Fsp3) is 0.441. The van der Waals surface area contributed by atoms with Crippen molar-refractivity contribution in [3.63, 3.8) is 0 Å². The van der Waals surface area contributed by atoms with Gasteiger partial charge in [0.25, 0.3) is 5.91 Å². The largest absolute Gasteiger partial charge is 0.478 e. The summed E-state index contributed by atoms with van der Waals surface area (Å²) in [5, 5.41) is 46.3. The number of amides is 1. The van der Waals surface area contributed by atoms with Gasteiger partial charge in [0.1, 0.15) is 55.2 Å². The lowest BCUT2D eigenvalue weighted by atomic mass is 9.83. The number of halogens is 6. The highest BCUT2D eigenvalue weighted by molar-refractivity contribution is 7.19. The molecule has 84 heavy (non-hydrogen) atoms. The van der Waals surface area contributed by atoms with Crippen molar-refractivity contribution in [2.24, 2.45) is 0 Å². The van der Waals surface area contributed by atoms with Gasteiger partial charge in [-0.25, -0.2) is 23.5 Å². The average Bonchev–Trinajstić information content (AvgIpc) is 2.99. The van der Waals surface area contributed by atoms with Crippen LogP contribution in [0.1, 0.15) is 142 Å². The summed E-state index contributed by atoms with van der Waals surface area (Å²) in [6.45, 7) is 4.76. The van der Waals surface area contributed by atoms with Crippen molar-refractivity contribution in [3.05, 3.63) is 130 Å². The van der Waals surface area contributed by atoms with Crippen LogP contribution in [0.2, 0.25) is 20.1 Å². The number of nitrogens with zero attached hydrogens (tertiary/aromatic N) is 6. The van der Waals surface area contributed by atoms with Gasteiger partial charge in [0.2, 0.25) is 0 Å². The third-order valence-electron chi connectivity index (χ3n) is 16.3. The Morgan fingerprint density at radius 3 is 1.62 bits per heavy atom. The third kappa shape index (κ3) is 12.6. The van der Waals surface area contributed by atoms with Gasteiger partial charge >= 0.3 is 5.97 Å². The Morgan fingerprint density at radius 2 is 1.14 bits per heavy atom. The van der Waals surface area contributed by atoms with Gasteiger partial charge in [-0.05, 0) is 113 Å². The van der Waals surface area contributed by atoms with Crippen molar-refractivity contribution in [1.29, 1.82) is 0 Å². The molecule has 0 spiro atoms. The Labute approximate surface area is 508 Å². The van der Waals surface area contributed by atoms with E-state index in [2.05, 4.69) is 35.5 Å². The van der Waals surface area contributed by atoms with Crippen LogP contribution in [0.5, 0.6) is 0 Å². The van der Waals surface area contributed by atoms with E-state index in [1.807, 2.05) is 0 Å². The normalized spacial score (nSPS) is 22.1. The van der Waals surface area contributed by atoms with Crippen LogP contribution in [0, 0.1) is 11.6 Å². The highest BCUT2D eigenvalue weighted by atomic mass is 35.5. The number of hydrogen-bond acceptors (Lipinski definition) is 17. The summed E-state index contributed by atoms with van der Waals surface area (Å²) in [5.74, 6) is -0.620. The van der Waals surface area contributed by atoms with E-state index >= 15 is 4.39 Å². The summed E-state index contributed by atoms with van der Waals surface area (Å²) in [6, 6.07) is 10.5. The lowest BCUT2D eigenvalue weighted by Crippen LogP contribution is -2.41. The highest BCUT2D eigenvalue weighted by Crippen LogP contribution is 2.49. The number of ether oxygens (including phenoxy) is 3. The summed E-state index contributed by atoms with van der Waals surface area (Å²) in [6.07, 6.45) is 10.8. The number of thiazole rings is 2. The molecule has 1 aliphatic heterocycles. The molecule has 8 aromatic rings. The second-order valence-corrected chi connectivity index (χ2v) is 25.8. The van der Waals surface area contributed by atoms with Crippen LogP contribution in [-0.2, 0) is 38.6 Å². The van der Waals surface area contributed by atoms with Crippen LogP contribution in [0.25, 0.3) is 42.9 Å². The van der Waals surface area contributed by atoms with E-state index in [4.69, 9.17) is 69.7 Å². The maximum absolute atomic E-state index is 15.1. The van der Waals surface area contributed by atoms with Crippen LogP contribution >= 0.6 is 69.1 Å². The lowest BCUT2D eigenvalue weighted by molar-refractivity contribution is -0.0641. The molecule has 1 saturated heterocycles. The van der Waals surface area contributed by atoms with Gasteiger partial charge in [-0.15, -0.1) is 22.7 Å². The highest BCUT2D eigenvalue weighted by Gasteiger charge is 2.42. The zero-order valence-electron chi connectivity index (χ0n) is 45.1. The van der Waals surface area contributed by atoms with Crippen molar-refractivity contribution in [1.82, 2.24) is 35.5 Å². The molecule has 6 heterocycles. The van der Waals surface area contributed by atoms with E-state index in [0.717, 1.165) is 78.8 Å². The molecule has 0 bridgehead atoms. The maximum atomic E-state index is 15.1. The summed E-state index contributed by atoms with van der Waals surface area (Å²) >= 11 is 28.1. The van der Waals surface area contributed by atoms with Gasteiger partial charge in [-0.2, -0.15) is 0 Å². The Kier molecular flexibility index (Phi) is 17.5. The molecule has 25 heteroatoms. The molecule has 0 atom stereocenters. The number of aromatic nitrogens is 5. The number of carbonyl (C=O) groups is 2. The fourth-order valence-electron chi connectivity index (χ4n) is 11.2. The molecule has 5 fully saturated rings. The molecule has 4 aliphatic carbocycles. The number of carboxylic acids is 1. The minimum Gasteiger partial charge on any atom is -0.478 e. The Balaban J connectivity index is 0.000000168. The minimum atomic E-state index is -1.24. The number of rotatable bonds is 17. The topological polar surface area (TPSA) is 229 Å². The summed E-state index contributed by atoms with van der Waals surface area (Å²) < 4.78 is 60.0. The first-order chi connectivity index (χ1) is 40.5. The first kappa shape index (κ1) is 59.1. The fourth-order valence-corrected chi connectivity index (χ4v) is 14.6. The molecule has 4 saturated carbocycles. The summed E-state index contributed by atoms with van der Waals surface area (Å²) in [5.41, 5.74) is 1.91. The van der Waals surface area contributed by atoms with E-state index in [-0.39, 0.29) is 46.9 Å². The number of carbonyl (C=O) groups excluding carboxylic acids is 1. The third-order valence-corrected chi connectivity index (χ3v) is 19.9. The molecule has 0 unspecified atom stereocenters. The van der Waals surface area contributed by atoms with Crippen molar-refractivity contribution in [2.75, 3.05) is 39.4 Å². The Bertz CT molecular complexity index is 3720. The zero-order valence-corrected chi connectivity index (χ0v) is 49.8. The minimum absolute atomic E-state index is 0.0721. The van der Waals surface area contributed by atoms with Gasteiger partial charge in [0, 0.05) is 78.2 Å². The molecule has 442 valence electrons. The number of carboxylic acid groups (broad SMARTS) is 1. The molecule has 17 nitrogen and oxygen atoms in total. The predicted octanol–water partition coefficient (Wildman–Crippen LogP) is 13.4. The molecule has 4 N–H and O–H groups in total. The van der Waals surface area contributed by atoms with Crippen molar-refractivity contribution < 1.29 is 56.9 Å². The first-order valence-electron chi connectivity index (χ1n) is 27.9. The van der Waals surface area contributed by atoms with Crippen LogP contribution < -0.4 is 5.32 Å². The monoisotopic (exact) mass is 1270 g/mol. The first-order valence-corrected chi connectivity index (χ1v) is 31.1. The SMILES string of the molecule is O=C(NCCN1CCOCC1)c1cc(F)c2nc(C3(O)CCC(OCc4c(-c5c(Cl)cccc5Cl)noc4C4CC4)CC3)sc2c1.O=C(O)c1cc(F)c2nc(C3(O)CCC(OCc4c(-c5c(Cl)cncc5Cl)noc4C4CC4)CC3)sc2c1. The number of aliphatic hydroxyl groups is 2. The Morgan fingerprint density at radius 1 is 0.679 bits per heavy atom. The van der Waals surface area contributed by atoms with Gasteiger partial charge in [0.05, 0.1) is 73.7 Å². The van der Waals surface area contributed by atoms with Gasteiger partial charge < -0.3 is 43.9 Å². The summed E-state index contributed by atoms with van der Waals surface area (Å²) in [7, 11) is 0. The number of pyridine rings is 1. The van der Waals surface area contributed by atoms with Crippen LogP contribution in [-0.4, -0.2) is 109 Å². The molecular formula is C59H57Cl4F2N7O10S2. The second kappa shape index (κ2) is 24.8. The molecular weight excluding hydrogens is 1210 g/mol. The van der Waals surface area contributed by atoms with Gasteiger partial charge in [-0.3, -0.25) is 14.7 Å². The summed E-state index contributed by atoms with van der Waals surface area (Å²) in [4.78, 5) is 39.1. The predicted molar refractivity (Wildman–Crippen MR) is 313 cm³/mol. The van der Waals surface area contributed by atoms with E-state index in [9.17, 15) is 29.3 Å². The molecule has 13 rings (SSSR count). The van der Waals surface area contributed by atoms with Crippen LogP contribution in [0.15, 0.2) is 63.9 Å². The molecule has 5 aromatic heterocycles. The van der Waals surface area contributed by atoms with E-state index < -0.39 is 28.8 Å². The quantitative estimate of drug-likeness (QED) is 0.0664. The Hall–Kier alpha value is -5.27. The molecule has 1 amide bonds. The molecule has 5 aliphatic rings. The van der Waals surface area contributed by atoms with Crippen molar-refractivity contribution in [2.45, 2.75) is 126 Å².